The number of hydrogen-bond acceptors (Lipinski definition) is 6. The lowest BCUT2D eigenvalue weighted by atomic mass is 9.91. The lowest BCUT2D eigenvalue weighted by Gasteiger charge is -2.43. The van der Waals surface area contributed by atoms with Crippen LogP contribution in [0.5, 0.6) is 5.75 Å². The molecule has 1 amide bonds. The predicted molar refractivity (Wildman–Crippen MR) is 124 cm³/mol. The second-order valence-corrected chi connectivity index (χ2v) is 10.2. The van der Waals surface area contributed by atoms with Gasteiger partial charge in [0.1, 0.15) is 10.8 Å². The minimum atomic E-state index is 0.262. The summed E-state index contributed by atoms with van der Waals surface area (Å²) in [7, 11) is 1.67. The number of nitrogens with zero attached hydrogens (tertiary/aromatic N) is 4. The molecule has 1 aliphatic carbocycles. The van der Waals surface area contributed by atoms with Gasteiger partial charge in [-0.3, -0.25) is 14.6 Å². The molecule has 0 bridgehead atoms. The van der Waals surface area contributed by atoms with Crippen molar-refractivity contribution < 1.29 is 9.53 Å². The topological polar surface area (TPSA) is 48.9 Å². The molecular formula is C23H29ClN4O2S. The summed E-state index contributed by atoms with van der Waals surface area (Å²) in [4.78, 5) is 25.9. The zero-order chi connectivity index (χ0) is 21.4. The van der Waals surface area contributed by atoms with E-state index in [9.17, 15) is 4.79 Å². The molecule has 0 spiro atoms. The minimum Gasteiger partial charge on any atom is -0.496 e. The quantitative estimate of drug-likeness (QED) is 0.683. The monoisotopic (exact) mass is 460 g/mol. The number of carbonyl (C=O) groups is 1. The summed E-state index contributed by atoms with van der Waals surface area (Å²) in [6.45, 7) is 5.94. The molecule has 0 unspecified atom stereocenters. The highest BCUT2D eigenvalue weighted by molar-refractivity contribution is 7.15. The van der Waals surface area contributed by atoms with Gasteiger partial charge in [0.15, 0.2) is 0 Å². The Hall–Kier alpha value is -1.67. The van der Waals surface area contributed by atoms with Gasteiger partial charge < -0.3 is 9.64 Å². The Morgan fingerprint density at radius 2 is 2.03 bits per heavy atom. The SMILES string of the molecule is COc1ccc(Cl)cc1-c1nc2c(s1)CN(CC(=O)N1CCN(C3CCC3)CC1)CC2. The van der Waals surface area contributed by atoms with Crippen LogP contribution in [0.3, 0.4) is 0 Å². The fourth-order valence-electron chi connectivity index (χ4n) is 4.73. The van der Waals surface area contributed by atoms with E-state index in [0.29, 0.717) is 11.6 Å². The molecule has 0 radical (unpaired) electrons. The van der Waals surface area contributed by atoms with Crippen molar-refractivity contribution in [2.75, 3.05) is 46.4 Å². The van der Waals surface area contributed by atoms with Crippen LogP contribution < -0.4 is 4.74 Å². The molecule has 8 heteroatoms. The maximum atomic E-state index is 12.9. The summed E-state index contributed by atoms with van der Waals surface area (Å²) >= 11 is 7.89. The Bertz CT molecular complexity index is 953. The number of halogens is 1. The average Bonchev–Trinajstić information content (AvgIpc) is 3.16. The normalized spacial score (nSPS) is 20.4. The standard InChI is InChI=1S/C23H29ClN4O2S/c1-30-20-6-5-16(24)13-18(20)23-25-19-7-8-26(14-21(19)31-23)15-22(29)28-11-9-27(10-12-28)17-3-2-4-17/h5-6,13,17H,2-4,7-12,14-15H2,1H3. The molecule has 2 aromatic rings. The van der Waals surface area contributed by atoms with Crippen molar-refractivity contribution >= 4 is 28.8 Å². The number of fused-ring (bicyclic) bond motifs is 1. The van der Waals surface area contributed by atoms with Crippen molar-refractivity contribution in [2.45, 2.75) is 38.3 Å². The van der Waals surface area contributed by atoms with Crippen molar-refractivity contribution in [1.82, 2.24) is 19.7 Å². The van der Waals surface area contributed by atoms with Gasteiger partial charge >= 0.3 is 0 Å². The molecule has 0 atom stereocenters. The second kappa shape index (κ2) is 9.06. The molecule has 5 rings (SSSR count). The van der Waals surface area contributed by atoms with Crippen LogP contribution in [-0.2, 0) is 17.8 Å². The third-order valence-electron chi connectivity index (χ3n) is 6.82. The highest BCUT2D eigenvalue weighted by Crippen LogP contribution is 2.38. The number of aromatic nitrogens is 1. The highest BCUT2D eigenvalue weighted by Gasteiger charge is 2.30. The van der Waals surface area contributed by atoms with E-state index in [1.54, 1.807) is 18.4 Å². The number of ether oxygens (including phenoxy) is 1. The van der Waals surface area contributed by atoms with Gasteiger partial charge in [0.2, 0.25) is 5.91 Å². The first-order valence-electron chi connectivity index (χ1n) is 11.2. The number of hydrogen-bond donors (Lipinski definition) is 0. The van der Waals surface area contributed by atoms with E-state index in [4.69, 9.17) is 21.3 Å². The van der Waals surface area contributed by atoms with E-state index in [0.717, 1.165) is 73.7 Å². The average molecular weight is 461 g/mol. The molecule has 1 aromatic carbocycles. The van der Waals surface area contributed by atoms with E-state index in [1.165, 1.54) is 24.1 Å². The zero-order valence-corrected chi connectivity index (χ0v) is 19.6. The number of benzene rings is 1. The number of thiazole rings is 1. The Morgan fingerprint density at radius 3 is 2.74 bits per heavy atom. The molecule has 1 saturated heterocycles. The zero-order valence-electron chi connectivity index (χ0n) is 18.0. The van der Waals surface area contributed by atoms with Crippen molar-refractivity contribution in [1.29, 1.82) is 0 Å². The van der Waals surface area contributed by atoms with Gasteiger partial charge in [0.05, 0.1) is 24.9 Å². The summed E-state index contributed by atoms with van der Waals surface area (Å²) < 4.78 is 5.50. The highest BCUT2D eigenvalue weighted by atomic mass is 35.5. The Morgan fingerprint density at radius 1 is 1.23 bits per heavy atom. The number of rotatable bonds is 5. The number of piperazine rings is 1. The number of methoxy groups -OCH3 is 1. The molecule has 2 fully saturated rings. The fourth-order valence-corrected chi connectivity index (χ4v) is 6.07. The summed E-state index contributed by atoms with van der Waals surface area (Å²) in [6.07, 6.45) is 4.91. The maximum Gasteiger partial charge on any atom is 0.236 e. The van der Waals surface area contributed by atoms with Crippen molar-refractivity contribution in [3.05, 3.63) is 33.8 Å². The van der Waals surface area contributed by atoms with Crippen LogP contribution in [0, 0.1) is 0 Å². The van der Waals surface area contributed by atoms with Crippen molar-refractivity contribution in [3.8, 4) is 16.3 Å². The maximum absolute atomic E-state index is 12.9. The van der Waals surface area contributed by atoms with E-state index in [1.807, 2.05) is 18.2 Å². The van der Waals surface area contributed by atoms with Crippen LogP contribution in [-0.4, -0.2) is 78.0 Å². The third-order valence-corrected chi connectivity index (χ3v) is 8.17. The molecule has 1 aromatic heterocycles. The van der Waals surface area contributed by atoms with E-state index in [2.05, 4.69) is 14.7 Å². The lowest BCUT2D eigenvalue weighted by Crippen LogP contribution is -2.55. The van der Waals surface area contributed by atoms with E-state index >= 15 is 0 Å². The second-order valence-electron chi connectivity index (χ2n) is 8.70. The van der Waals surface area contributed by atoms with Crippen LogP contribution in [0.15, 0.2) is 18.2 Å². The summed E-state index contributed by atoms with van der Waals surface area (Å²) in [6, 6.07) is 6.40. The molecular weight excluding hydrogens is 432 g/mol. The largest absolute Gasteiger partial charge is 0.496 e. The summed E-state index contributed by atoms with van der Waals surface area (Å²) in [5, 5.41) is 1.61. The number of amides is 1. The first-order chi connectivity index (χ1) is 15.1. The lowest BCUT2D eigenvalue weighted by molar-refractivity contribution is -0.135. The van der Waals surface area contributed by atoms with Gasteiger partial charge in [-0.1, -0.05) is 18.0 Å². The van der Waals surface area contributed by atoms with E-state index < -0.39 is 0 Å². The van der Waals surface area contributed by atoms with Crippen LogP contribution in [0.2, 0.25) is 5.02 Å². The molecule has 31 heavy (non-hydrogen) atoms. The molecule has 1 saturated carbocycles. The molecule has 0 N–H and O–H groups in total. The van der Waals surface area contributed by atoms with Crippen LogP contribution in [0.25, 0.3) is 10.6 Å². The molecule has 3 heterocycles. The molecule has 6 nitrogen and oxygen atoms in total. The van der Waals surface area contributed by atoms with Crippen molar-refractivity contribution in [3.63, 3.8) is 0 Å². The van der Waals surface area contributed by atoms with Crippen molar-refractivity contribution in [2.24, 2.45) is 0 Å². The van der Waals surface area contributed by atoms with Gasteiger partial charge in [0.25, 0.3) is 0 Å². The Kier molecular flexibility index (Phi) is 6.19. The van der Waals surface area contributed by atoms with Crippen LogP contribution >= 0.6 is 22.9 Å². The molecule has 2 aliphatic heterocycles. The smallest absolute Gasteiger partial charge is 0.236 e. The predicted octanol–water partition coefficient (Wildman–Crippen LogP) is 3.53. The number of carbonyl (C=O) groups excluding carboxylic acids is 1. The Labute approximate surface area is 192 Å². The Balaban J connectivity index is 1.20. The van der Waals surface area contributed by atoms with Crippen LogP contribution in [0.4, 0.5) is 0 Å². The molecule has 166 valence electrons. The third kappa shape index (κ3) is 4.46. The van der Waals surface area contributed by atoms with Crippen LogP contribution in [0.1, 0.15) is 29.8 Å². The minimum absolute atomic E-state index is 0.262. The fraction of sp³-hybridized carbons (Fsp3) is 0.565. The first-order valence-corrected chi connectivity index (χ1v) is 12.4. The van der Waals surface area contributed by atoms with E-state index in [-0.39, 0.29) is 5.91 Å². The summed E-state index contributed by atoms with van der Waals surface area (Å²) in [5.41, 5.74) is 2.07. The summed E-state index contributed by atoms with van der Waals surface area (Å²) in [5.74, 6) is 1.04. The molecule has 3 aliphatic rings. The van der Waals surface area contributed by atoms with Gasteiger partial charge in [-0.05, 0) is 31.0 Å². The van der Waals surface area contributed by atoms with Gasteiger partial charge in [0, 0.05) is 61.6 Å². The first kappa shape index (κ1) is 21.2. The van der Waals surface area contributed by atoms with Gasteiger partial charge in [-0.25, -0.2) is 4.98 Å². The van der Waals surface area contributed by atoms with Gasteiger partial charge in [-0.15, -0.1) is 11.3 Å². The van der Waals surface area contributed by atoms with Gasteiger partial charge in [-0.2, -0.15) is 0 Å².